The highest BCUT2D eigenvalue weighted by Crippen LogP contribution is 2.38. The molecule has 11 heteroatoms. The Morgan fingerprint density at radius 1 is 1.02 bits per heavy atom. The number of thiocarbonyl (C=S) groups is 1. The molecule has 0 aliphatic rings. The Hall–Kier alpha value is -3.51. The van der Waals surface area contributed by atoms with Crippen LogP contribution in [0.1, 0.15) is 40.2 Å². The number of rotatable bonds is 9. The van der Waals surface area contributed by atoms with Gasteiger partial charge in [-0.3, -0.25) is 9.71 Å². The minimum absolute atomic E-state index is 0.103. The fourth-order valence-electron chi connectivity index (χ4n) is 3.61. The van der Waals surface area contributed by atoms with E-state index in [2.05, 4.69) is 51.7 Å². The van der Waals surface area contributed by atoms with Gasteiger partial charge in [0.25, 0.3) is 0 Å². The number of nitrogens with zero attached hydrogens (tertiary/aromatic N) is 2. The van der Waals surface area contributed by atoms with E-state index in [4.69, 9.17) is 17.2 Å². The Morgan fingerprint density at radius 3 is 2.46 bits per heavy atom. The molecule has 0 aliphatic heterocycles. The highest BCUT2D eigenvalue weighted by Gasteiger charge is 2.16. The largest absolute Gasteiger partial charge is 0.360 e. The predicted molar refractivity (Wildman–Crippen MR) is 176 cm³/mol. The lowest BCUT2D eigenvalue weighted by Gasteiger charge is -2.21. The summed E-state index contributed by atoms with van der Waals surface area (Å²) in [7, 11) is 0. The summed E-state index contributed by atoms with van der Waals surface area (Å²) in [5.41, 5.74) is 4.52. The zero-order valence-electron chi connectivity index (χ0n) is 23.7. The summed E-state index contributed by atoms with van der Waals surface area (Å²) < 4.78 is 3.49. The van der Waals surface area contributed by atoms with E-state index in [0.29, 0.717) is 17.3 Å². The number of hydrogen-bond donors (Lipinski definition) is 5. The second kappa shape index (κ2) is 13.9. The van der Waals surface area contributed by atoms with E-state index in [-0.39, 0.29) is 17.6 Å². The monoisotopic (exact) mass is 605 g/mol. The van der Waals surface area contributed by atoms with E-state index in [1.165, 1.54) is 11.9 Å². The molecule has 8 nitrogen and oxygen atoms in total. The summed E-state index contributed by atoms with van der Waals surface area (Å²) in [6.45, 7) is 10.8. The number of aromatic nitrogens is 2. The predicted octanol–water partition coefficient (Wildman–Crippen LogP) is 7.28. The average Bonchev–Trinajstić information content (AvgIpc) is 3.41. The Morgan fingerprint density at radius 2 is 1.78 bits per heavy atom. The smallest absolute Gasteiger partial charge is 0.319 e. The van der Waals surface area contributed by atoms with Crippen molar-refractivity contribution in [1.82, 2.24) is 25.3 Å². The highest BCUT2D eigenvalue weighted by atomic mass is 32.2. The van der Waals surface area contributed by atoms with E-state index < -0.39 is 0 Å². The zero-order valence-corrected chi connectivity index (χ0v) is 26.2. The molecule has 2 amide bonds. The molecule has 0 radical (unpaired) electrons. The number of anilines is 2. The standard InChI is InChI=1S/C30H35N7OS3/c1-19(2)34-29(39)36-22-10-8-21(9-11-22)27-32-18-26(40-27)24-13-12-23(15-25(24)41-37-30(3,4)5)35-28(38)33-17-20-7-6-14-31-16-20/h6-16,18-19,37H,17H2,1-5H3,(H2,33,35,38)(H2,34,36,39). The van der Waals surface area contributed by atoms with Gasteiger partial charge < -0.3 is 21.3 Å². The van der Waals surface area contributed by atoms with Crippen LogP contribution in [0.15, 0.2) is 78.1 Å². The van der Waals surface area contributed by atoms with E-state index in [9.17, 15) is 4.79 Å². The summed E-state index contributed by atoms with van der Waals surface area (Å²) >= 11 is 8.51. The Kier molecular flexibility index (Phi) is 10.3. The molecule has 41 heavy (non-hydrogen) atoms. The molecule has 0 fully saturated rings. The van der Waals surface area contributed by atoms with Gasteiger partial charge in [-0.2, -0.15) is 0 Å². The molecule has 2 aromatic carbocycles. The first-order valence-corrected chi connectivity index (χ1v) is 15.3. The van der Waals surface area contributed by atoms with Gasteiger partial charge in [0.1, 0.15) is 5.01 Å². The van der Waals surface area contributed by atoms with Crippen molar-refractivity contribution in [3.05, 3.63) is 78.8 Å². The van der Waals surface area contributed by atoms with Crippen molar-refractivity contribution < 1.29 is 4.79 Å². The number of amides is 2. The van der Waals surface area contributed by atoms with Crippen LogP contribution in [0.4, 0.5) is 16.2 Å². The van der Waals surface area contributed by atoms with Crippen LogP contribution in [0.2, 0.25) is 0 Å². The zero-order chi connectivity index (χ0) is 29.4. The molecule has 0 bridgehead atoms. The normalized spacial score (nSPS) is 11.3. The van der Waals surface area contributed by atoms with Crippen molar-refractivity contribution in [3.8, 4) is 21.0 Å². The number of urea groups is 1. The van der Waals surface area contributed by atoms with Gasteiger partial charge in [0.15, 0.2) is 5.11 Å². The van der Waals surface area contributed by atoms with Crippen LogP contribution in [0.3, 0.4) is 0 Å². The molecule has 2 heterocycles. The van der Waals surface area contributed by atoms with Crippen molar-refractivity contribution in [3.63, 3.8) is 0 Å². The summed E-state index contributed by atoms with van der Waals surface area (Å²) in [4.78, 5) is 23.4. The maximum Gasteiger partial charge on any atom is 0.319 e. The molecule has 4 rings (SSSR count). The number of thiazole rings is 1. The first-order valence-electron chi connectivity index (χ1n) is 13.2. The van der Waals surface area contributed by atoms with Gasteiger partial charge in [0.2, 0.25) is 0 Å². The minimum atomic E-state index is -0.278. The molecule has 0 spiro atoms. The van der Waals surface area contributed by atoms with Crippen LogP contribution in [-0.2, 0) is 6.54 Å². The van der Waals surface area contributed by atoms with E-state index in [1.54, 1.807) is 23.7 Å². The fourth-order valence-corrected chi connectivity index (χ4v) is 5.88. The lowest BCUT2D eigenvalue weighted by Crippen LogP contribution is -2.33. The van der Waals surface area contributed by atoms with Gasteiger partial charge >= 0.3 is 6.03 Å². The number of hydrogen-bond acceptors (Lipinski definition) is 7. The second-order valence-corrected chi connectivity index (χ2v) is 13.0. The number of benzene rings is 2. The summed E-state index contributed by atoms with van der Waals surface area (Å²) in [6, 6.07) is 17.7. The topological polar surface area (TPSA) is 103 Å². The van der Waals surface area contributed by atoms with Gasteiger partial charge in [-0.05, 0) is 107 Å². The number of carbonyl (C=O) groups is 1. The molecular formula is C30H35N7OS3. The maximum atomic E-state index is 12.6. The molecule has 0 atom stereocenters. The minimum Gasteiger partial charge on any atom is -0.360 e. The van der Waals surface area contributed by atoms with Crippen molar-refractivity contribution >= 4 is 58.0 Å². The van der Waals surface area contributed by atoms with E-state index in [0.717, 1.165) is 37.2 Å². The van der Waals surface area contributed by atoms with Crippen LogP contribution in [-0.4, -0.2) is 32.7 Å². The van der Waals surface area contributed by atoms with Crippen LogP contribution < -0.4 is 26.0 Å². The third-order valence-electron chi connectivity index (χ3n) is 5.46. The Balaban J connectivity index is 1.49. The molecule has 4 aromatic rings. The molecule has 0 aliphatic carbocycles. The third kappa shape index (κ3) is 9.53. The van der Waals surface area contributed by atoms with Crippen molar-refractivity contribution in [1.29, 1.82) is 0 Å². The molecule has 0 unspecified atom stereocenters. The van der Waals surface area contributed by atoms with Crippen LogP contribution in [0.25, 0.3) is 21.0 Å². The molecule has 5 N–H and O–H groups in total. The van der Waals surface area contributed by atoms with Gasteiger partial charge in [-0.15, -0.1) is 11.3 Å². The summed E-state index contributed by atoms with van der Waals surface area (Å²) in [5.74, 6) is 0. The number of pyridine rings is 1. The van der Waals surface area contributed by atoms with E-state index in [1.807, 2.05) is 74.6 Å². The average molecular weight is 606 g/mol. The molecule has 2 aromatic heterocycles. The Labute approximate surface area is 255 Å². The SMILES string of the molecule is CC(C)NC(=S)Nc1ccc(-c2ncc(-c3ccc(NC(=O)NCc4cccnc4)cc3SNC(C)(C)C)s2)cc1. The summed E-state index contributed by atoms with van der Waals surface area (Å²) in [5, 5.41) is 13.7. The molecule has 0 saturated carbocycles. The lowest BCUT2D eigenvalue weighted by molar-refractivity contribution is 0.251. The molecular weight excluding hydrogens is 571 g/mol. The van der Waals surface area contributed by atoms with Crippen molar-refractivity contribution in [2.45, 2.75) is 57.6 Å². The Bertz CT molecular complexity index is 1470. The van der Waals surface area contributed by atoms with Crippen LogP contribution >= 0.6 is 35.5 Å². The maximum absolute atomic E-state index is 12.6. The van der Waals surface area contributed by atoms with Crippen LogP contribution in [0.5, 0.6) is 0 Å². The van der Waals surface area contributed by atoms with Gasteiger partial charge in [-0.25, -0.2) is 9.78 Å². The second-order valence-electron chi connectivity index (χ2n) is 10.7. The van der Waals surface area contributed by atoms with Gasteiger partial charge in [0.05, 0.1) is 4.88 Å². The lowest BCUT2D eigenvalue weighted by atomic mass is 10.1. The quantitative estimate of drug-likeness (QED) is 0.100. The first kappa shape index (κ1) is 30.4. The van der Waals surface area contributed by atoms with Crippen LogP contribution in [0, 0.1) is 0 Å². The molecule has 0 saturated heterocycles. The first-order chi connectivity index (χ1) is 19.6. The van der Waals surface area contributed by atoms with Crippen molar-refractivity contribution in [2.75, 3.05) is 10.6 Å². The highest BCUT2D eigenvalue weighted by molar-refractivity contribution is 7.97. The van der Waals surface area contributed by atoms with Crippen molar-refractivity contribution in [2.24, 2.45) is 0 Å². The fraction of sp³-hybridized carbons (Fsp3) is 0.267. The third-order valence-corrected chi connectivity index (χ3v) is 8.03. The van der Waals surface area contributed by atoms with E-state index >= 15 is 0 Å². The van der Waals surface area contributed by atoms with Gasteiger partial charge in [0, 0.05) is 64.1 Å². The number of carbonyl (C=O) groups excluding carboxylic acids is 1. The molecule has 214 valence electrons. The van der Waals surface area contributed by atoms with Gasteiger partial charge in [-0.1, -0.05) is 12.1 Å². The number of nitrogens with one attached hydrogen (secondary N) is 5. The summed E-state index contributed by atoms with van der Waals surface area (Å²) in [6.07, 6.45) is 5.34.